The second-order valence-corrected chi connectivity index (χ2v) is 7.32. The zero-order valence-electron chi connectivity index (χ0n) is 18.4. The molecule has 0 aliphatic rings. The standard InChI is InChI=1S/C24H32N6O/c1-3-25-24(27-16-9-15-26-23(31)20-11-5-4-6-12-20)28-17-10-18-30-19(2)29-21-13-7-8-14-22(21)30/h4-8,11-14H,3,9-10,15-18H2,1-2H3,(H,26,31)(H2,25,27,28). The summed E-state index contributed by atoms with van der Waals surface area (Å²) >= 11 is 0. The molecule has 0 fully saturated rings. The van der Waals surface area contributed by atoms with E-state index < -0.39 is 0 Å². The molecule has 0 saturated heterocycles. The van der Waals surface area contributed by atoms with Crippen molar-refractivity contribution in [1.82, 2.24) is 25.5 Å². The van der Waals surface area contributed by atoms with Crippen LogP contribution in [0.15, 0.2) is 59.6 Å². The van der Waals surface area contributed by atoms with E-state index in [0.29, 0.717) is 12.1 Å². The first-order valence-corrected chi connectivity index (χ1v) is 11.0. The zero-order valence-corrected chi connectivity index (χ0v) is 18.4. The van der Waals surface area contributed by atoms with Gasteiger partial charge < -0.3 is 20.5 Å². The Labute approximate surface area is 184 Å². The maximum atomic E-state index is 12.0. The first-order chi connectivity index (χ1) is 15.2. The second kappa shape index (κ2) is 11.7. The van der Waals surface area contributed by atoms with Crippen molar-refractivity contribution in [2.24, 2.45) is 4.99 Å². The Kier molecular flexibility index (Phi) is 8.46. The monoisotopic (exact) mass is 420 g/mol. The van der Waals surface area contributed by atoms with Gasteiger partial charge in [-0.2, -0.15) is 0 Å². The normalized spacial score (nSPS) is 11.5. The van der Waals surface area contributed by atoms with Crippen LogP contribution in [0.5, 0.6) is 0 Å². The zero-order chi connectivity index (χ0) is 21.9. The number of carbonyl (C=O) groups is 1. The molecule has 164 valence electrons. The third-order valence-electron chi connectivity index (χ3n) is 4.97. The Morgan fingerprint density at radius 2 is 1.71 bits per heavy atom. The predicted molar refractivity (Wildman–Crippen MR) is 126 cm³/mol. The van der Waals surface area contributed by atoms with E-state index in [1.165, 1.54) is 5.52 Å². The Morgan fingerprint density at radius 1 is 0.968 bits per heavy atom. The van der Waals surface area contributed by atoms with Crippen LogP contribution < -0.4 is 16.0 Å². The lowest BCUT2D eigenvalue weighted by Gasteiger charge is -2.12. The van der Waals surface area contributed by atoms with E-state index in [-0.39, 0.29) is 5.91 Å². The molecule has 0 spiro atoms. The Hall–Kier alpha value is -3.35. The molecule has 31 heavy (non-hydrogen) atoms. The first-order valence-electron chi connectivity index (χ1n) is 11.0. The number of fused-ring (bicyclic) bond motifs is 1. The number of imidazole rings is 1. The summed E-state index contributed by atoms with van der Waals surface area (Å²) in [6, 6.07) is 17.5. The Morgan fingerprint density at radius 3 is 2.52 bits per heavy atom. The molecular weight excluding hydrogens is 388 g/mol. The van der Waals surface area contributed by atoms with Crippen LogP contribution >= 0.6 is 0 Å². The molecule has 0 unspecified atom stereocenters. The van der Waals surface area contributed by atoms with Crippen molar-refractivity contribution in [2.45, 2.75) is 33.2 Å². The molecule has 1 aromatic heterocycles. The number of benzene rings is 2. The van der Waals surface area contributed by atoms with Crippen LogP contribution in [0.2, 0.25) is 0 Å². The molecule has 3 rings (SSSR count). The van der Waals surface area contributed by atoms with Gasteiger partial charge in [0.25, 0.3) is 5.91 Å². The molecule has 0 aliphatic heterocycles. The molecule has 2 aromatic carbocycles. The molecule has 0 bridgehead atoms. The van der Waals surface area contributed by atoms with Gasteiger partial charge >= 0.3 is 0 Å². The van der Waals surface area contributed by atoms with Crippen LogP contribution in [-0.4, -0.2) is 47.6 Å². The highest BCUT2D eigenvalue weighted by molar-refractivity contribution is 5.94. The average molecular weight is 421 g/mol. The highest BCUT2D eigenvalue weighted by Gasteiger charge is 2.06. The van der Waals surface area contributed by atoms with Gasteiger partial charge in [0, 0.05) is 38.3 Å². The maximum absolute atomic E-state index is 12.0. The summed E-state index contributed by atoms with van der Waals surface area (Å²) in [5.74, 6) is 1.81. The van der Waals surface area contributed by atoms with E-state index >= 15 is 0 Å². The number of nitrogens with one attached hydrogen (secondary N) is 3. The number of hydrogen-bond donors (Lipinski definition) is 3. The van der Waals surface area contributed by atoms with Crippen molar-refractivity contribution >= 4 is 22.9 Å². The van der Waals surface area contributed by atoms with Crippen molar-refractivity contribution in [2.75, 3.05) is 26.2 Å². The number of nitrogens with zero attached hydrogens (tertiary/aromatic N) is 3. The smallest absolute Gasteiger partial charge is 0.251 e. The summed E-state index contributed by atoms with van der Waals surface area (Å²) < 4.78 is 2.25. The van der Waals surface area contributed by atoms with Gasteiger partial charge in [0.1, 0.15) is 5.82 Å². The molecule has 7 heteroatoms. The average Bonchev–Trinajstić information content (AvgIpc) is 3.11. The Balaban J connectivity index is 1.39. The minimum absolute atomic E-state index is 0.0384. The van der Waals surface area contributed by atoms with E-state index in [9.17, 15) is 4.79 Å². The lowest BCUT2D eigenvalue weighted by atomic mass is 10.2. The van der Waals surface area contributed by atoms with E-state index in [0.717, 1.165) is 56.3 Å². The van der Waals surface area contributed by atoms with Crippen LogP contribution in [0.25, 0.3) is 11.0 Å². The van der Waals surface area contributed by atoms with E-state index in [1.54, 1.807) is 0 Å². The Bertz CT molecular complexity index is 996. The van der Waals surface area contributed by atoms with Gasteiger partial charge in [0.2, 0.25) is 0 Å². The largest absolute Gasteiger partial charge is 0.357 e. The summed E-state index contributed by atoms with van der Waals surface area (Å²) in [5, 5.41) is 9.56. The number of carbonyl (C=O) groups excluding carboxylic acids is 1. The number of guanidine groups is 1. The van der Waals surface area contributed by atoms with Crippen LogP contribution in [0.3, 0.4) is 0 Å². The summed E-state index contributed by atoms with van der Waals surface area (Å²) in [4.78, 5) is 21.3. The van der Waals surface area contributed by atoms with E-state index in [4.69, 9.17) is 0 Å². The summed E-state index contributed by atoms with van der Waals surface area (Å²) in [6.45, 7) is 7.89. The van der Waals surface area contributed by atoms with E-state index in [2.05, 4.69) is 43.5 Å². The minimum atomic E-state index is -0.0384. The fraction of sp³-hybridized carbons (Fsp3) is 0.375. The molecule has 7 nitrogen and oxygen atoms in total. The van der Waals surface area contributed by atoms with Gasteiger partial charge in [-0.1, -0.05) is 30.3 Å². The number of aliphatic imine (C=N–C) groups is 1. The van der Waals surface area contributed by atoms with Crippen LogP contribution in [0.1, 0.15) is 35.9 Å². The van der Waals surface area contributed by atoms with Gasteiger partial charge in [-0.25, -0.2) is 4.98 Å². The van der Waals surface area contributed by atoms with Crippen molar-refractivity contribution in [3.8, 4) is 0 Å². The lowest BCUT2D eigenvalue weighted by molar-refractivity contribution is 0.0953. The highest BCUT2D eigenvalue weighted by atomic mass is 16.1. The number of aryl methyl sites for hydroxylation is 2. The first kappa shape index (κ1) is 22.3. The molecule has 0 atom stereocenters. The maximum Gasteiger partial charge on any atom is 0.251 e. The molecule has 1 heterocycles. The van der Waals surface area contributed by atoms with Gasteiger partial charge in [-0.15, -0.1) is 0 Å². The van der Waals surface area contributed by atoms with Gasteiger partial charge in [-0.05, 0) is 51.0 Å². The van der Waals surface area contributed by atoms with Crippen molar-refractivity contribution in [1.29, 1.82) is 0 Å². The molecule has 1 amide bonds. The van der Waals surface area contributed by atoms with Gasteiger partial charge in [-0.3, -0.25) is 9.79 Å². The summed E-state index contributed by atoms with van der Waals surface area (Å²) in [6.07, 6.45) is 1.76. The highest BCUT2D eigenvalue weighted by Crippen LogP contribution is 2.15. The van der Waals surface area contributed by atoms with Crippen molar-refractivity contribution in [3.05, 3.63) is 66.0 Å². The topological polar surface area (TPSA) is 83.3 Å². The molecule has 3 N–H and O–H groups in total. The number of para-hydroxylation sites is 2. The van der Waals surface area contributed by atoms with E-state index in [1.807, 2.05) is 55.5 Å². The minimum Gasteiger partial charge on any atom is -0.357 e. The predicted octanol–water partition coefficient (Wildman–Crippen LogP) is 3.11. The molecule has 3 aromatic rings. The second-order valence-electron chi connectivity index (χ2n) is 7.32. The van der Waals surface area contributed by atoms with Crippen LogP contribution in [0.4, 0.5) is 0 Å². The fourth-order valence-corrected chi connectivity index (χ4v) is 3.43. The number of rotatable bonds is 10. The molecular formula is C24H32N6O. The fourth-order valence-electron chi connectivity index (χ4n) is 3.43. The van der Waals surface area contributed by atoms with Crippen molar-refractivity contribution in [3.63, 3.8) is 0 Å². The van der Waals surface area contributed by atoms with Gasteiger partial charge in [0.05, 0.1) is 11.0 Å². The summed E-state index contributed by atoms with van der Waals surface area (Å²) in [5.41, 5.74) is 2.90. The summed E-state index contributed by atoms with van der Waals surface area (Å²) in [7, 11) is 0. The number of amides is 1. The van der Waals surface area contributed by atoms with Crippen LogP contribution in [-0.2, 0) is 6.54 Å². The van der Waals surface area contributed by atoms with Crippen molar-refractivity contribution < 1.29 is 4.79 Å². The number of hydrogen-bond acceptors (Lipinski definition) is 3. The molecule has 0 radical (unpaired) electrons. The molecule has 0 saturated carbocycles. The van der Waals surface area contributed by atoms with Gasteiger partial charge in [0.15, 0.2) is 5.96 Å². The number of aromatic nitrogens is 2. The quantitative estimate of drug-likeness (QED) is 0.267. The molecule has 0 aliphatic carbocycles. The SMILES string of the molecule is CCNC(=NCCCn1c(C)nc2ccccc21)NCCCNC(=O)c1ccccc1. The van der Waals surface area contributed by atoms with Crippen LogP contribution in [0, 0.1) is 6.92 Å². The third kappa shape index (κ3) is 6.57. The lowest BCUT2D eigenvalue weighted by Crippen LogP contribution is -2.39. The third-order valence-corrected chi connectivity index (χ3v) is 4.97.